The first kappa shape index (κ1) is 13.1. The maximum Gasteiger partial charge on any atom is 0.146 e. The maximum absolute atomic E-state index is 13.7. The summed E-state index contributed by atoms with van der Waals surface area (Å²) in [6, 6.07) is 13.2. The van der Waals surface area contributed by atoms with Gasteiger partial charge in [0.15, 0.2) is 0 Å². The molecule has 0 saturated heterocycles. The van der Waals surface area contributed by atoms with Gasteiger partial charge in [0.05, 0.1) is 5.69 Å². The number of anilines is 1. The molecule has 0 bridgehead atoms. The van der Waals surface area contributed by atoms with E-state index in [1.165, 1.54) is 6.07 Å². The van der Waals surface area contributed by atoms with Gasteiger partial charge >= 0.3 is 0 Å². The molecule has 2 aromatic rings. The van der Waals surface area contributed by atoms with Crippen LogP contribution >= 0.6 is 15.9 Å². The molecule has 0 fully saturated rings. The molecule has 0 heterocycles. The summed E-state index contributed by atoms with van der Waals surface area (Å²) in [4.78, 5) is 0. The van der Waals surface area contributed by atoms with Crippen molar-refractivity contribution in [3.8, 4) is 0 Å². The van der Waals surface area contributed by atoms with Crippen molar-refractivity contribution in [2.24, 2.45) is 0 Å². The van der Waals surface area contributed by atoms with E-state index in [-0.39, 0.29) is 11.9 Å². The predicted octanol–water partition coefficient (Wildman–Crippen LogP) is 5.07. The molecule has 0 aliphatic rings. The Balaban J connectivity index is 2.24. The van der Waals surface area contributed by atoms with Crippen LogP contribution in [0.2, 0.25) is 0 Å². The largest absolute Gasteiger partial charge is 0.376 e. The Hall–Kier alpha value is -1.35. The number of halogens is 2. The number of aryl methyl sites for hydroxylation is 1. The summed E-state index contributed by atoms with van der Waals surface area (Å²) < 4.78 is 14.8. The first-order chi connectivity index (χ1) is 8.58. The monoisotopic (exact) mass is 307 g/mol. The summed E-state index contributed by atoms with van der Waals surface area (Å²) in [7, 11) is 0. The molecule has 0 aliphatic heterocycles. The van der Waals surface area contributed by atoms with Crippen molar-refractivity contribution < 1.29 is 4.39 Å². The Labute approximate surface area is 115 Å². The molecule has 0 aliphatic carbocycles. The van der Waals surface area contributed by atoms with Crippen molar-refractivity contribution in [3.05, 3.63) is 63.9 Å². The van der Waals surface area contributed by atoms with E-state index >= 15 is 0 Å². The van der Waals surface area contributed by atoms with Gasteiger partial charge in [-0.15, -0.1) is 0 Å². The van der Waals surface area contributed by atoms with Gasteiger partial charge in [0.1, 0.15) is 5.82 Å². The summed E-state index contributed by atoms with van der Waals surface area (Å²) in [5.41, 5.74) is 2.61. The molecule has 0 aromatic heterocycles. The summed E-state index contributed by atoms with van der Waals surface area (Å²) in [5.74, 6) is -0.211. The molecular weight excluding hydrogens is 293 g/mol. The van der Waals surface area contributed by atoms with Crippen molar-refractivity contribution >= 4 is 21.6 Å². The molecule has 1 atom stereocenters. The highest BCUT2D eigenvalue weighted by Crippen LogP contribution is 2.26. The van der Waals surface area contributed by atoms with Gasteiger partial charge in [-0.2, -0.15) is 0 Å². The molecule has 94 valence electrons. The van der Waals surface area contributed by atoms with Crippen molar-refractivity contribution in [2.75, 3.05) is 5.32 Å². The molecule has 18 heavy (non-hydrogen) atoms. The topological polar surface area (TPSA) is 12.0 Å². The van der Waals surface area contributed by atoms with Crippen LogP contribution in [0.3, 0.4) is 0 Å². The van der Waals surface area contributed by atoms with Crippen LogP contribution < -0.4 is 5.32 Å². The average Bonchev–Trinajstić information content (AvgIpc) is 2.34. The van der Waals surface area contributed by atoms with Crippen LogP contribution in [0.4, 0.5) is 10.1 Å². The Kier molecular flexibility index (Phi) is 4.02. The summed E-state index contributed by atoms with van der Waals surface area (Å²) in [6.07, 6.45) is 0. The highest BCUT2D eigenvalue weighted by atomic mass is 79.9. The molecule has 0 saturated carbocycles. The van der Waals surface area contributed by atoms with Crippen LogP contribution in [0.1, 0.15) is 24.1 Å². The molecule has 3 heteroatoms. The third-order valence-corrected chi connectivity index (χ3v) is 3.42. The normalized spacial score (nSPS) is 12.2. The Bertz CT molecular complexity index is 534. The maximum atomic E-state index is 13.7. The van der Waals surface area contributed by atoms with Crippen molar-refractivity contribution in [1.82, 2.24) is 0 Å². The van der Waals surface area contributed by atoms with Gasteiger partial charge in [0, 0.05) is 10.5 Å². The van der Waals surface area contributed by atoms with Crippen molar-refractivity contribution in [2.45, 2.75) is 19.9 Å². The first-order valence-electron chi connectivity index (χ1n) is 5.85. The minimum absolute atomic E-state index is 0.0538. The second-order valence-corrected chi connectivity index (χ2v) is 5.27. The molecule has 1 unspecified atom stereocenters. The number of rotatable bonds is 3. The lowest BCUT2D eigenvalue weighted by atomic mass is 10.1. The molecule has 2 rings (SSSR count). The molecule has 0 spiro atoms. The van der Waals surface area contributed by atoms with Gasteiger partial charge in [-0.3, -0.25) is 0 Å². The molecule has 2 aromatic carbocycles. The molecular formula is C15H15BrFN. The van der Waals surface area contributed by atoms with Crippen LogP contribution in [0.25, 0.3) is 0 Å². The van der Waals surface area contributed by atoms with E-state index in [4.69, 9.17) is 0 Å². The first-order valence-corrected chi connectivity index (χ1v) is 6.64. The standard InChI is InChI=1S/C15H15BrFN/c1-10-5-3-8-14(17)15(10)18-11(2)12-6-4-7-13(16)9-12/h3-9,11,18H,1-2H3. The lowest BCUT2D eigenvalue weighted by Crippen LogP contribution is -2.09. The van der Waals surface area contributed by atoms with Crippen molar-refractivity contribution in [3.63, 3.8) is 0 Å². The van der Waals surface area contributed by atoms with E-state index in [9.17, 15) is 4.39 Å². The number of nitrogens with one attached hydrogen (secondary N) is 1. The average molecular weight is 308 g/mol. The fraction of sp³-hybridized carbons (Fsp3) is 0.200. The second kappa shape index (κ2) is 5.53. The van der Waals surface area contributed by atoms with Crippen LogP contribution in [0.5, 0.6) is 0 Å². The smallest absolute Gasteiger partial charge is 0.146 e. The van der Waals surface area contributed by atoms with Gasteiger partial charge in [-0.1, -0.05) is 40.2 Å². The number of hydrogen-bond acceptors (Lipinski definition) is 1. The zero-order chi connectivity index (χ0) is 13.1. The van der Waals surface area contributed by atoms with Crippen LogP contribution in [-0.4, -0.2) is 0 Å². The van der Waals surface area contributed by atoms with E-state index in [0.717, 1.165) is 15.6 Å². The molecule has 1 nitrogen and oxygen atoms in total. The minimum atomic E-state index is -0.211. The number of hydrogen-bond donors (Lipinski definition) is 1. The molecule has 0 amide bonds. The minimum Gasteiger partial charge on any atom is -0.376 e. The van der Waals surface area contributed by atoms with Crippen LogP contribution in [-0.2, 0) is 0 Å². The summed E-state index contributed by atoms with van der Waals surface area (Å²) in [5, 5.41) is 3.23. The summed E-state index contributed by atoms with van der Waals surface area (Å²) >= 11 is 3.44. The SMILES string of the molecule is Cc1cccc(F)c1NC(C)c1cccc(Br)c1. The van der Waals surface area contributed by atoms with Gasteiger partial charge in [0.2, 0.25) is 0 Å². The lowest BCUT2D eigenvalue weighted by molar-refractivity contribution is 0.626. The van der Waals surface area contributed by atoms with E-state index in [0.29, 0.717) is 5.69 Å². The number of benzene rings is 2. The third kappa shape index (κ3) is 2.91. The highest BCUT2D eigenvalue weighted by molar-refractivity contribution is 9.10. The van der Waals surface area contributed by atoms with E-state index < -0.39 is 0 Å². The molecule has 0 radical (unpaired) electrons. The predicted molar refractivity (Wildman–Crippen MR) is 77.3 cm³/mol. The second-order valence-electron chi connectivity index (χ2n) is 4.35. The van der Waals surface area contributed by atoms with Crippen molar-refractivity contribution in [1.29, 1.82) is 0 Å². The van der Waals surface area contributed by atoms with E-state index in [1.807, 2.05) is 44.2 Å². The van der Waals surface area contributed by atoms with Gasteiger partial charge < -0.3 is 5.32 Å². The Morgan fingerprint density at radius 3 is 2.56 bits per heavy atom. The fourth-order valence-electron chi connectivity index (χ4n) is 1.89. The fourth-order valence-corrected chi connectivity index (χ4v) is 2.31. The third-order valence-electron chi connectivity index (χ3n) is 2.93. The summed E-state index contributed by atoms with van der Waals surface area (Å²) in [6.45, 7) is 3.92. The Morgan fingerprint density at radius 2 is 1.89 bits per heavy atom. The van der Waals surface area contributed by atoms with Gasteiger partial charge in [-0.25, -0.2) is 4.39 Å². The van der Waals surface area contributed by atoms with Crippen LogP contribution in [0, 0.1) is 12.7 Å². The molecule has 1 N–H and O–H groups in total. The van der Waals surface area contributed by atoms with Gasteiger partial charge in [-0.05, 0) is 43.2 Å². The zero-order valence-electron chi connectivity index (χ0n) is 10.4. The highest BCUT2D eigenvalue weighted by Gasteiger charge is 2.10. The van der Waals surface area contributed by atoms with E-state index in [1.54, 1.807) is 6.07 Å². The Morgan fingerprint density at radius 1 is 1.17 bits per heavy atom. The number of para-hydroxylation sites is 1. The van der Waals surface area contributed by atoms with Gasteiger partial charge in [0.25, 0.3) is 0 Å². The lowest BCUT2D eigenvalue weighted by Gasteiger charge is -2.18. The van der Waals surface area contributed by atoms with Crippen LogP contribution in [0.15, 0.2) is 46.9 Å². The van der Waals surface area contributed by atoms with E-state index in [2.05, 4.69) is 21.2 Å². The quantitative estimate of drug-likeness (QED) is 0.834. The zero-order valence-corrected chi connectivity index (χ0v) is 12.0.